The summed E-state index contributed by atoms with van der Waals surface area (Å²) in [6.45, 7) is 2.90. The molecule has 1 aromatic carbocycles. The third kappa shape index (κ3) is 7.93. The monoisotopic (exact) mass is 499 g/mol. The molecule has 0 bridgehead atoms. The molecule has 0 spiro atoms. The van der Waals surface area contributed by atoms with Crippen molar-refractivity contribution in [2.75, 3.05) is 31.1 Å². The van der Waals surface area contributed by atoms with Crippen molar-refractivity contribution in [1.82, 2.24) is 20.7 Å². The van der Waals surface area contributed by atoms with Gasteiger partial charge in [-0.05, 0) is 23.4 Å². The van der Waals surface area contributed by atoms with Crippen LogP contribution < -0.4 is 5.48 Å². The van der Waals surface area contributed by atoms with Crippen LogP contribution in [0.25, 0.3) is 0 Å². The Kier molecular flexibility index (Phi) is 9.68. The summed E-state index contributed by atoms with van der Waals surface area (Å²) in [4.78, 5) is 15.4. The molecule has 0 unspecified atom stereocenters. The quantitative estimate of drug-likeness (QED) is 0.246. The molecule has 0 atom stereocenters. The number of amidine groups is 1. The molecule has 0 aliphatic carbocycles. The van der Waals surface area contributed by atoms with Crippen molar-refractivity contribution in [3.05, 3.63) is 40.4 Å². The molecule has 1 aromatic heterocycles. The molecule has 2 aromatic rings. The number of aliphatic carboxylic acids is 1. The molecular formula is C17H18ClF4N5O4S. The number of benzene rings is 1. The second kappa shape index (κ2) is 12.0. The Hall–Kier alpha value is -2.42. The predicted octanol–water partition coefficient (Wildman–Crippen LogP) is 3.14. The zero-order valence-corrected chi connectivity index (χ0v) is 17.8. The van der Waals surface area contributed by atoms with E-state index in [0.717, 1.165) is 31.1 Å². The lowest BCUT2D eigenvalue weighted by Gasteiger charge is -2.25. The van der Waals surface area contributed by atoms with Gasteiger partial charge >= 0.3 is 12.1 Å². The number of carbonyl (C=O) groups is 1. The number of halogens is 5. The second-order valence-corrected chi connectivity index (χ2v) is 7.87. The number of carboxylic acids is 1. The molecule has 176 valence electrons. The van der Waals surface area contributed by atoms with Crippen LogP contribution in [0.4, 0.5) is 23.2 Å². The van der Waals surface area contributed by atoms with Gasteiger partial charge in [0.2, 0.25) is 0 Å². The smallest absolute Gasteiger partial charge is 0.475 e. The maximum atomic E-state index is 13.2. The fourth-order valence-electron chi connectivity index (χ4n) is 2.45. The first-order chi connectivity index (χ1) is 15.1. The molecule has 3 N–H and O–H groups in total. The largest absolute Gasteiger partial charge is 0.490 e. The first-order valence-corrected chi connectivity index (χ1v) is 10.5. The molecule has 1 fully saturated rings. The zero-order valence-electron chi connectivity index (χ0n) is 16.3. The highest BCUT2D eigenvalue weighted by atomic mass is 35.5. The Labute approximate surface area is 188 Å². The number of hydrogen-bond acceptors (Lipinski definition) is 8. The van der Waals surface area contributed by atoms with E-state index in [-0.39, 0.29) is 10.9 Å². The predicted molar refractivity (Wildman–Crippen MR) is 108 cm³/mol. The van der Waals surface area contributed by atoms with E-state index in [1.165, 1.54) is 18.2 Å². The second-order valence-electron chi connectivity index (χ2n) is 6.24. The minimum absolute atomic E-state index is 0.0555. The highest BCUT2D eigenvalue weighted by Crippen LogP contribution is 2.22. The van der Waals surface area contributed by atoms with Gasteiger partial charge in [-0.25, -0.2) is 18.8 Å². The maximum Gasteiger partial charge on any atom is 0.490 e. The summed E-state index contributed by atoms with van der Waals surface area (Å²) >= 11 is 7.70. The van der Waals surface area contributed by atoms with E-state index in [2.05, 4.69) is 20.2 Å². The van der Waals surface area contributed by atoms with Gasteiger partial charge in [0, 0.05) is 37.6 Å². The van der Waals surface area contributed by atoms with Crippen LogP contribution in [-0.2, 0) is 11.2 Å². The van der Waals surface area contributed by atoms with Crippen molar-refractivity contribution in [1.29, 1.82) is 0 Å². The number of hydrogen-bond donors (Lipinski definition) is 3. The van der Waals surface area contributed by atoms with Gasteiger partial charge in [-0.2, -0.15) is 24.9 Å². The van der Waals surface area contributed by atoms with Crippen LogP contribution in [-0.4, -0.2) is 74.6 Å². The molecule has 2 heterocycles. The number of rotatable bonds is 5. The van der Waals surface area contributed by atoms with Crippen molar-refractivity contribution < 1.29 is 37.3 Å². The van der Waals surface area contributed by atoms with Gasteiger partial charge in [-0.3, -0.25) is 10.7 Å². The van der Waals surface area contributed by atoms with E-state index in [1.54, 1.807) is 0 Å². The van der Waals surface area contributed by atoms with E-state index in [1.807, 2.05) is 17.2 Å². The van der Waals surface area contributed by atoms with Gasteiger partial charge < -0.3 is 10.0 Å². The molecule has 1 aliphatic heterocycles. The van der Waals surface area contributed by atoms with E-state index >= 15 is 0 Å². The lowest BCUT2D eigenvalue weighted by Crippen LogP contribution is -2.34. The number of nitrogens with one attached hydrogen (secondary N) is 1. The molecular weight excluding hydrogens is 482 g/mol. The SMILES string of the molecule is O=C(O)C(F)(F)F.ONC(=Nc1ccc(F)c(Cl)c1)c1nonc1CCN1CCSCC1. The summed E-state index contributed by atoms with van der Waals surface area (Å²) in [5, 5.41) is 24.2. The molecule has 9 nitrogen and oxygen atoms in total. The molecule has 0 radical (unpaired) electrons. The van der Waals surface area contributed by atoms with Crippen molar-refractivity contribution >= 4 is 40.9 Å². The number of hydroxylamine groups is 1. The number of thioether (sulfide) groups is 1. The maximum absolute atomic E-state index is 13.2. The molecule has 3 rings (SSSR count). The minimum Gasteiger partial charge on any atom is -0.475 e. The molecule has 32 heavy (non-hydrogen) atoms. The Bertz CT molecular complexity index is 938. The standard InChI is InChI=1S/C15H17ClFN5O2S.C2HF3O2/c16-11-9-10(1-2-12(11)17)18-15(19-23)14-13(20-24-21-14)3-4-22-5-7-25-8-6-22;3-2(4,5)1(6)7/h1-2,9,23H,3-8H2,(H,18,19);(H,6,7). The first-order valence-electron chi connectivity index (χ1n) is 8.97. The van der Waals surface area contributed by atoms with Crippen molar-refractivity contribution in [3.8, 4) is 0 Å². The third-order valence-electron chi connectivity index (χ3n) is 4.04. The normalized spacial score (nSPS) is 15.1. The highest BCUT2D eigenvalue weighted by Gasteiger charge is 2.38. The molecule has 0 amide bonds. The number of aromatic nitrogens is 2. The average molecular weight is 500 g/mol. The van der Waals surface area contributed by atoms with Crippen LogP contribution in [0.3, 0.4) is 0 Å². The minimum atomic E-state index is -5.08. The third-order valence-corrected chi connectivity index (χ3v) is 5.27. The summed E-state index contributed by atoms with van der Waals surface area (Å²) in [7, 11) is 0. The number of nitrogens with zero attached hydrogens (tertiary/aromatic N) is 4. The lowest BCUT2D eigenvalue weighted by atomic mass is 10.2. The van der Waals surface area contributed by atoms with E-state index in [9.17, 15) is 22.8 Å². The summed E-state index contributed by atoms with van der Waals surface area (Å²) in [5.74, 6) is -0.983. The number of carboxylic acid groups (broad SMARTS) is 1. The van der Waals surface area contributed by atoms with Crippen LogP contribution in [0.1, 0.15) is 11.4 Å². The van der Waals surface area contributed by atoms with Gasteiger partial charge in [0.1, 0.15) is 11.5 Å². The topological polar surface area (TPSA) is 124 Å². The molecule has 1 saturated heterocycles. The van der Waals surface area contributed by atoms with Gasteiger partial charge in [0.15, 0.2) is 11.5 Å². The molecule has 1 aliphatic rings. The van der Waals surface area contributed by atoms with E-state index < -0.39 is 18.0 Å². The Morgan fingerprint density at radius 2 is 1.97 bits per heavy atom. The first kappa shape index (κ1) is 25.8. The number of alkyl halides is 3. The lowest BCUT2D eigenvalue weighted by molar-refractivity contribution is -0.192. The fourth-order valence-corrected chi connectivity index (χ4v) is 3.61. The Morgan fingerprint density at radius 3 is 2.53 bits per heavy atom. The Morgan fingerprint density at radius 1 is 1.31 bits per heavy atom. The summed E-state index contributed by atoms with van der Waals surface area (Å²) in [6, 6.07) is 4.00. The van der Waals surface area contributed by atoms with Crippen LogP contribution in [0.5, 0.6) is 0 Å². The van der Waals surface area contributed by atoms with Crippen LogP contribution in [0, 0.1) is 5.82 Å². The van der Waals surface area contributed by atoms with Gasteiger partial charge in [-0.1, -0.05) is 16.8 Å². The highest BCUT2D eigenvalue weighted by molar-refractivity contribution is 7.99. The van der Waals surface area contributed by atoms with Crippen LogP contribution >= 0.6 is 23.4 Å². The van der Waals surface area contributed by atoms with E-state index in [0.29, 0.717) is 23.5 Å². The zero-order chi connectivity index (χ0) is 23.7. The van der Waals surface area contributed by atoms with Gasteiger partial charge in [0.05, 0.1) is 10.7 Å². The Balaban J connectivity index is 0.000000451. The molecule has 0 saturated carbocycles. The van der Waals surface area contributed by atoms with Crippen LogP contribution in [0.15, 0.2) is 27.8 Å². The van der Waals surface area contributed by atoms with Crippen molar-refractivity contribution in [3.63, 3.8) is 0 Å². The average Bonchev–Trinajstić information content (AvgIpc) is 3.22. The summed E-state index contributed by atoms with van der Waals surface area (Å²) in [5.41, 5.74) is 3.27. The number of aliphatic imine (C=N–C) groups is 1. The van der Waals surface area contributed by atoms with Crippen LogP contribution in [0.2, 0.25) is 5.02 Å². The van der Waals surface area contributed by atoms with Gasteiger partial charge in [0.25, 0.3) is 0 Å². The van der Waals surface area contributed by atoms with E-state index in [4.69, 9.17) is 26.1 Å². The van der Waals surface area contributed by atoms with Crippen molar-refractivity contribution in [2.24, 2.45) is 4.99 Å². The van der Waals surface area contributed by atoms with Gasteiger partial charge in [-0.15, -0.1) is 0 Å². The summed E-state index contributed by atoms with van der Waals surface area (Å²) < 4.78 is 49.8. The molecule has 15 heteroatoms. The van der Waals surface area contributed by atoms with Crippen molar-refractivity contribution in [2.45, 2.75) is 12.6 Å². The fraction of sp³-hybridized carbons (Fsp3) is 0.412. The summed E-state index contributed by atoms with van der Waals surface area (Å²) in [6.07, 6.45) is -4.46.